The Morgan fingerprint density at radius 3 is 2.40 bits per heavy atom. The van der Waals surface area contributed by atoms with Gasteiger partial charge in [0.1, 0.15) is 11.6 Å². The summed E-state index contributed by atoms with van der Waals surface area (Å²) >= 11 is 4.83. The molecule has 7 rings (SSSR count). The van der Waals surface area contributed by atoms with E-state index in [1.165, 1.54) is 35.4 Å². The average Bonchev–Trinajstić information content (AvgIpc) is 3.68. The highest BCUT2D eigenvalue weighted by Gasteiger charge is 2.31. The van der Waals surface area contributed by atoms with Gasteiger partial charge in [0.05, 0.1) is 17.0 Å². The van der Waals surface area contributed by atoms with Gasteiger partial charge in [0, 0.05) is 100 Å². The van der Waals surface area contributed by atoms with Crippen LogP contribution in [0.1, 0.15) is 35.3 Å². The van der Waals surface area contributed by atoms with E-state index >= 15 is 0 Å². The van der Waals surface area contributed by atoms with E-state index in [1.54, 1.807) is 18.3 Å². The molecule has 0 spiro atoms. The fraction of sp³-hybridized carbons (Fsp3) is 0.382. The second kappa shape index (κ2) is 15.1. The Kier molecular flexibility index (Phi) is 10.2. The first-order valence-electron chi connectivity index (χ1n) is 16.9. The number of imide groups is 1. The first-order valence-corrected chi connectivity index (χ1v) is 17.3. The molecule has 4 amide bonds. The molecule has 0 radical (unpaired) electrons. The van der Waals surface area contributed by atoms with Crippen LogP contribution in [0.25, 0.3) is 11.3 Å². The lowest BCUT2D eigenvalue weighted by Crippen LogP contribution is -2.53. The van der Waals surface area contributed by atoms with E-state index in [4.69, 9.17) is 16.6 Å². The summed E-state index contributed by atoms with van der Waals surface area (Å²) in [5.41, 5.74) is -0.934. The average molecular weight is 736 g/mol. The smallest absolute Gasteiger partial charge is 0.420 e. The van der Waals surface area contributed by atoms with Crippen LogP contribution in [0.2, 0.25) is 0 Å². The lowest BCUT2D eigenvalue weighted by Gasteiger charge is -2.43. The summed E-state index contributed by atoms with van der Waals surface area (Å²) in [6.45, 7) is 6.08. The quantitative estimate of drug-likeness (QED) is 0.202. The van der Waals surface area contributed by atoms with Crippen LogP contribution in [0.3, 0.4) is 0 Å². The summed E-state index contributed by atoms with van der Waals surface area (Å²) in [6.07, 6.45) is 5.54. The third kappa shape index (κ3) is 8.43. The van der Waals surface area contributed by atoms with Crippen molar-refractivity contribution in [1.29, 1.82) is 0 Å². The lowest BCUT2D eigenvalue weighted by molar-refractivity contribution is -0.120. The van der Waals surface area contributed by atoms with Gasteiger partial charge in [0.25, 0.3) is 5.91 Å². The van der Waals surface area contributed by atoms with Crippen LogP contribution >= 0.6 is 11.6 Å². The minimum absolute atomic E-state index is 0.141. The van der Waals surface area contributed by atoms with Crippen molar-refractivity contribution >= 4 is 46.8 Å². The number of alkyl halides is 3. The van der Waals surface area contributed by atoms with E-state index in [-0.39, 0.29) is 24.6 Å². The number of piperazine rings is 1. The van der Waals surface area contributed by atoms with Crippen LogP contribution in [0, 0.1) is 0 Å². The van der Waals surface area contributed by atoms with Crippen molar-refractivity contribution in [2.75, 3.05) is 60.9 Å². The number of hydrogen-bond acceptors (Lipinski definition) is 11. The Morgan fingerprint density at radius 1 is 0.981 bits per heavy atom. The number of pyridine rings is 1. The van der Waals surface area contributed by atoms with E-state index in [9.17, 15) is 23.2 Å². The number of benzene rings is 1. The van der Waals surface area contributed by atoms with Crippen LogP contribution in [0.15, 0.2) is 60.9 Å². The van der Waals surface area contributed by atoms with E-state index in [1.807, 2.05) is 12.1 Å². The van der Waals surface area contributed by atoms with Crippen molar-refractivity contribution < 1.29 is 27.9 Å². The van der Waals surface area contributed by atoms with Gasteiger partial charge in [-0.05, 0) is 61.4 Å². The largest absolute Gasteiger partial charge is 0.487 e. The van der Waals surface area contributed by atoms with Gasteiger partial charge in [-0.3, -0.25) is 34.7 Å². The summed E-state index contributed by atoms with van der Waals surface area (Å²) in [5, 5.41) is 20.8. The number of rotatable bonds is 10. The number of halogens is 3. The zero-order chi connectivity index (χ0) is 36.2. The molecule has 0 aliphatic carbocycles. The minimum atomic E-state index is -3.83. The normalized spacial score (nSPS) is 18.0. The number of hydrogen-bond donors (Lipinski definition) is 3. The number of aromatic nitrogens is 5. The Bertz CT molecular complexity index is 1880. The molecule has 52 heavy (non-hydrogen) atoms. The maximum absolute atomic E-state index is 13.2. The van der Waals surface area contributed by atoms with Gasteiger partial charge in [-0.25, -0.2) is 9.78 Å². The van der Waals surface area contributed by atoms with Gasteiger partial charge in [-0.1, -0.05) is 0 Å². The summed E-state index contributed by atoms with van der Waals surface area (Å²) in [6, 6.07) is 12.7. The number of carbonyl (C=O) groups is 3. The predicted molar refractivity (Wildman–Crippen MR) is 187 cm³/mol. The maximum atomic E-state index is 13.2. The zero-order valence-corrected chi connectivity index (χ0v) is 28.7. The molecule has 0 saturated carbocycles. The third-order valence-electron chi connectivity index (χ3n) is 9.36. The van der Waals surface area contributed by atoms with Crippen LogP contribution < -0.4 is 25.2 Å². The second-order valence-electron chi connectivity index (χ2n) is 12.7. The molecule has 3 aliphatic heterocycles. The molecule has 0 bridgehead atoms. The summed E-state index contributed by atoms with van der Waals surface area (Å²) in [4.78, 5) is 50.0. The molecule has 6 heterocycles. The molecule has 3 aromatic heterocycles. The summed E-state index contributed by atoms with van der Waals surface area (Å²) < 4.78 is 30.2. The first kappa shape index (κ1) is 35.2. The van der Waals surface area contributed by atoms with Gasteiger partial charge in [-0.2, -0.15) is 10.2 Å². The summed E-state index contributed by atoms with van der Waals surface area (Å²) in [7, 11) is 0. The number of aromatic amines is 1. The summed E-state index contributed by atoms with van der Waals surface area (Å²) in [5.74, 6) is 0.319. The zero-order valence-electron chi connectivity index (χ0n) is 28.0. The lowest BCUT2D eigenvalue weighted by atomic mass is 10.0. The predicted octanol–water partition coefficient (Wildman–Crippen LogP) is 3.91. The molecule has 15 nitrogen and oxygen atoms in total. The van der Waals surface area contributed by atoms with Crippen molar-refractivity contribution in [3.05, 3.63) is 72.2 Å². The Balaban J connectivity index is 0.920. The van der Waals surface area contributed by atoms with Gasteiger partial charge in [-0.15, -0.1) is 13.9 Å². The van der Waals surface area contributed by atoms with Crippen LogP contribution in [0.4, 0.5) is 30.9 Å². The standard InChI is InChI=1S/C34H36ClF2N11O4/c35-34(36,37)52-26-4-1-23(2-5-26)40-32(50)22-19-27(28-7-11-39-43-28)31(38-20-22)47-17-15-46(16-18-47)25-8-12-45(13-9-25)21-24-3-6-29(44-42-24)48-14-10-30(49)41-33(48)51/h1-7,11,19-20,25H,8-10,12-18,21H2,(H,39,43)(H,40,50)(H,41,49,51). The molecular formula is C34H36ClF2N11O4. The van der Waals surface area contributed by atoms with Crippen molar-refractivity contribution in [2.24, 2.45) is 0 Å². The highest BCUT2D eigenvalue weighted by molar-refractivity contribution is 6.20. The van der Waals surface area contributed by atoms with Gasteiger partial charge < -0.3 is 15.0 Å². The molecule has 3 saturated heterocycles. The van der Waals surface area contributed by atoms with Crippen molar-refractivity contribution in [3.8, 4) is 17.0 Å². The van der Waals surface area contributed by atoms with Crippen molar-refractivity contribution in [1.82, 2.24) is 40.5 Å². The van der Waals surface area contributed by atoms with Crippen LogP contribution in [-0.2, 0) is 11.3 Å². The number of nitrogens with one attached hydrogen (secondary N) is 3. The van der Waals surface area contributed by atoms with E-state index < -0.39 is 17.5 Å². The van der Waals surface area contributed by atoms with Crippen molar-refractivity contribution in [2.45, 2.75) is 37.4 Å². The van der Waals surface area contributed by atoms with Crippen LogP contribution in [-0.4, -0.2) is 110 Å². The van der Waals surface area contributed by atoms with Crippen LogP contribution in [0.5, 0.6) is 5.75 Å². The first-order chi connectivity index (χ1) is 25.1. The van der Waals surface area contributed by atoms with E-state index in [2.05, 4.69) is 50.5 Å². The molecule has 4 aromatic rings. The highest BCUT2D eigenvalue weighted by atomic mass is 35.5. The molecule has 3 fully saturated rings. The maximum Gasteiger partial charge on any atom is 0.487 e. The molecule has 0 unspecified atom stereocenters. The number of urea groups is 1. The number of H-pyrrole nitrogens is 1. The topological polar surface area (TPSA) is 165 Å². The van der Waals surface area contributed by atoms with Gasteiger partial charge >= 0.3 is 11.6 Å². The third-order valence-corrected chi connectivity index (χ3v) is 9.44. The molecule has 0 atom stereocenters. The molecular weight excluding hydrogens is 700 g/mol. The molecule has 3 aliphatic rings. The molecule has 3 N–H and O–H groups in total. The monoisotopic (exact) mass is 735 g/mol. The van der Waals surface area contributed by atoms with E-state index in [0.29, 0.717) is 40.9 Å². The van der Waals surface area contributed by atoms with Crippen molar-refractivity contribution in [3.63, 3.8) is 0 Å². The van der Waals surface area contributed by atoms with Gasteiger partial charge in [0.2, 0.25) is 5.91 Å². The second-order valence-corrected chi connectivity index (χ2v) is 13.2. The number of piperidine rings is 1. The SMILES string of the molecule is O=C1CCN(c2ccc(CN3CCC(N4CCN(c5ncc(C(=O)Nc6ccc(OC(F)(F)Cl)cc6)cc5-c5cc[nH]n5)CC4)CC3)nn2)C(=O)N1. The fourth-order valence-corrected chi connectivity index (χ4v) is 6.80. The molecule has 272 valence electrons. The van der Waals surface area contributed by atoms with Gasteiger partial charge in [0.15, 0.2) is 5.82 Å². The minimum Gasteiger partial charge on any atom is -0.420 e. The fourth-order valence-electron chi connectivity index (χ4n) is 6.71. The Morgan fingerprint density at radius 2 is 1.75 bits per heavy atom. The molecule has 1 aromatic carbocycles. The Hall–Kier alpha value is -5.26. The Labute approximate surface area is 302 Å². The number of nitrogens with zero attached hydrogens (tertiary/aromatic N) is 8. The molecule has 18 heteroatoms. The number of carbonyl (C=O) groups excluding carboxylic acids is 3. The highest BCUT2D eigenvalue weighted by Crippen LogP contribution is 2.31. The number of likely N-dealkylation sites (tertiary alicyclic amines) is 1. The number of ether oxygens (including phenoxy) is 1. The number of anilines is 3. The number of amides is 4. The van der Waals surface area contributed by atoms with E-state index in [0.717, 1.165) is 63.6 Å².